The molecule has 1 saturated heterocycles. The number of hydrogen-bond acceptors (Lipinski definition) is 10. The van der Waals surface area contributed by atoms with Crippen LogP contribution >= 0.6 is 23.5 Å². The number of nitrogens with zero attached hydrogens (tertiary/aromatic N) is 2. The van der Waals surface area contributed by atoms with E-state index in [-0.39, 0.29) is 33.7 Å². The van der Waals surface area contributed by atoms with E-state index in [4.69, 9.17) is 9.47 Å². The summed E-state index contributed by atoms with van der Waals surface area (Å²) in [6.45, 7) is 0.0801. The van der Waals surface area contributed by atoms with Gasteiger partial charge in [-0.25, -0.2) is 9.59 Å². The molecule has 2 aromatic carbocycles. The number of non-ortho nitro benzene ring substituents is 2. The highest BCUT2D eigenvalue weighted by molar-refractivity contribution is 8.20. The molecule has 0 bridgehead atoms. The van der Waals surface area contributed by atoms with Crippen LogP contribution in [0.5, 0.6) is 0 Å². The van der Waals surface area contributed by atoms with Crippen LogP contribution < -0.4 is 0 Å². The van der Waals surface area contributed by atoms with Crippen LogP contribution in [0, 0.1) is 20.2 Å². The predicted octanol–water partition coefficient (Wildman–Crippen LogP) is 3.65. The maximum Gasteiger partial charge on any atom is 0.339 e. The molecular weight excluding hydrogens is 436 g/mol. The zero-order chi connectivity index (χ0) is 21.7. The summed E-state index contributed by atoms with van der Waals surface area (Å²) in [5.74, 6) is -0.688. The van der Waals surface area contributed by atoms with E-state index in [1.165, 1.54) is 72.1 Å². The fourth-order valence-electron chi connectivity index (χ4n) is 2.44. The van der Waals surface area contributed by atoms with Crippen molar-refractivity contribution in [3.8, 4) is 0 Å². The summed E-state index contributed by atoms with van der Waals surface area (Å²) >= 11 is 2.80. The topological polar surface area (TPSA) is 139 Å². The average Bonchev–Trinajstić information content (AvgIpc) is 3.19. The summed E-state index contributed by atoms with van der Waals surface area (Å²) in [4.78, 5) is 44.4. The van der Waals surface area contributed by atoms with Crippen LogP contribution in [0.1, 0.15) is 20.7 Å². The first-order valence-corrected chi connectivity index (χ1v) is 10.5. The fourth-order valence-corrected chi connectivity index (χ4v) is 5.14. The van der Waals surface area contributed by atoms with Gasteiger partial charge in [-0.15, -0.1) is 11.8 Å². The van der Waals surface area contributed by atoms with Gasteiger partial charge < -0.3 is 9.47 Å². The quantitative estimate of drug-likeness (QED) is 0.349. The van der Waals surface area contributed by atoms with Gasteiger partial charge >= 0.3 is 11.9 Å². The van der Waals surface area contributed by atoms with E-state index in [9.17, 15) is 29.8 Å². The largest absolute Gasteiger partial charge is 0.460 e. The highest BCUT2D eigenvalue weighted by Gasteiger charge is 2.30. The molecular formula is C18H14N2O8S2. The van der Waals surface area contributed by atoms with E-state index in [2.05, 4.69) is 0 Å². The van der Waals surface area contributed by atoms with E-state index in [1.54, 1.807) is 0 Å². The first kappa shape index (κ1) is 21.6. The number of hydrogen-bond donors (Lipinski definition) is 0. The Morgan fingerprint density at radius 3 is 1.90 bits per heavy atom. The van der Waals surface area contributed by atoms with Crippen molar-refractivity contribution < 1.29 is 28.9 Å². The van der Waals surface area contributed by atoms with Crippen LogP contribution in [0.25, 0.3) is 0 Å². The molecule has 2 atom stereocenters. The average molecular weight is 450 g/mol. The molecule has 0 spiro atoms. The summed E-state index contributed by atoms with van der Waals surface area (Å²) in [7, 11) is 0. The summed E-state index contributed by atoms with van der Waals surface area (Å²) in [5, 5.41) is 21.3. The van der Waals surface area contributed by atoms with E-state index < -0.39 is 27.2 Å². The third-order valence-electron chi connectivity index (χ3n) is 3.94. The third kappa shape index (κ3) is 5.48. The zero-order valence-corrected chi connectivity index (χ0v) is 16.8. The second-order valence-corrected chi connectivity index (χ2v) is 8.84. The van der Waals surface area contributed by atoms with Crippen molar-refractivity contribution in [3.63, 3.8) is 0 Å². The lowest BCUT2D eigenvalue weighted by Crippen LogP contribution is -2.16. The molecule has 3 rings (SSSR count). The lowest BCUT2D eigenvalue weighted by atomic mass is 10.2. The molecule has 0 aromatic heterocycles. The first-order chi connectivity index (χ1) is 14.3. The Hall–Kier alpha value is -3.12. The van der Waals surface area contributed by atoms with Crippen molar-refractivity contribution in [3.05, 3.63) is 79.9 Å². The van der Waals surface area contributed by atoms with E-state index in [0.717, 1.165) is 0 Å². The van der Waals surface area contributed by atoms with E-state index >= 15 is 0 Å². The van der Waals surface area contributed by atoms with Crippen LogP contribution in [-0.2, 0) is 9.47 Å². The SMILES string of the molecule is O=C(OC[C@@H]1SC[C@H](OC(=O)c2ccc([N+](=O)[O-])cc2)S1)c1ccc([N+](=O)[O-])cc1. The number of ether oxygens (including phenoxy) is 2. The molecule has 156 valence electrons. The maximum atomic E-state index is 12.2. The van der Waals surface area contributed by atoms with Crippen LogP contribution in [0.2, 0.25) is 0 Å². The normalized spacial score (nSPS) is 17.9. The van der Waals surface area contributed by atoms with Crippen molar-refractivity contribution >= 4 is 46.8 Å². The molecule has 2 aromatic rings. The van der Waals surface area contributed by atoms with Gasteiger partial charge in [0, 0.05) is 30.0 Å². The second-order valence-electron chi connectivity index (χ2n) is 5.94. The molecule has 1 aliphatic rings. The zero-order valence-electron chi connectivity index (χ0n) is 15.2. The predicted molar refractivity (Wildman–Crippen MR) is 110 cm³/mol. The van der Waals surface area contributed by atoms with Gasteiger partial charge in [0.1, 0.15) is 6.61 Å². The molecule has 0 unspecified atom stereocenters. The van der Waals surface area contributed by atoms with E-state index in [0.29, 0.717) is 5.75 Å². The summed E-state index contributed by atoms with van der Waals surface area (Å²) in [6, 6.07) is 10.2. The molecule has 0 aliphatic carbocycles. The Labute approximate surface area is 178 Å². The number of nitro groups is 2. The third-order valence-corrected chi connectivity index (χ3v) is 6.90. The number of benzene rings is 2. The van der Waals surface area contributed by atoms with Gasteiger partial charge in [0.2, 0.25) is 0 Å². The Balaban J connectivity index is 1.45. The molecule has 12 heteroatoms. The minimum atomic E-state index is -0.600. The van der Waals surface area contributed by atoms with Gasteiger partial charge in [-0.1, -0.05) is 11.8 Å². The molecule has 1 aliphatic heterocycles. The smallest absolute Gasteiger partial charge is 0.339 e. The summed E-state index contributed by atoms with van der Waals surface area (Å²) in [5.41, 5.74) is -0.270. The molecule has 0 amide bonds. The Morgan fingerprint density at radius 1 is 0.900 bits per heavy atom. The van der Waals surface area contributed by atoms with Crippen molar-refractivity contribution in [2.75, 3.05) is 12.4 Å². The van der Waals surface area contributed by atoms with Crippen LogP contribution in [0.4, 0.5) is 11.4 Å². The van der Waals surface area contributed by atoms with Crippen molar-refractivity contribution in [2.24, 2.45) is 0 Å². The standard InChI is InChI=1S/C18H14N2O8S2/c21-17(11-1-5-13(6-2-11)19(23)24)27-9-16-29-10-15(30-16)28-18(22)12-3-7-14(8-4-12)20(25)26/h1-8,15-16H,9-10H2/t15-,16-/m1/s1. The molecule has 1 heterocycles. The lowest BCUT2D eigenvalue weighted by Gasteiger charge is -2.12. The number of carbonyl (C=O) groups excluding carboxylic acids is 2. The van der Waals surface area contributed by atoms with Gasteiger partial charge in [-0.2, -0.15) is 0 Å². The minimum absolute atomic E-state index is 0.0801. The molecule has 0 N–H and O–H groups in total. The van der Waals surface area contributed by atoms with Crippen molar-refractivity contribution in [2.45, 2.75) is 10.0 Å². The fraction of sp³-hybridized carbons (Fsp3) is 0.222. The van der Waals surface area contributed by atoms with Gasteiger partial charge in [0.15, 0.2) is 5.44 Å². The van der Waals surface area contributed by atoms with E-state index in [1.807, 2.05) is 0 Å². The Bertz CT molecular complexity index is 965. The molecule has 30 heavy (non-hydrogen) atoms. The Kier molecular flexibility index (Phi) is 6.90. The second kappa shape index (κ2) is 9.59. The number of nitro benzene ring substituents is 2. The van der Waals surface area contributed by atoms with Crippen LogP contribution in [-0.4, -0.2) is 44.2 Å². The molecule has 0 radical (unpaired) electrons. The molecule has 1 fully saturated rings. The number of thioether (sulfide) groups is 2. The minimum Gasteiger partial charge on any atom is -0.460 e. The summed E-state index contributed by atoms with van der Waals surface area (Å²) < 4.78 is 10.5. The molecule has 0 saturated carbocycles. The monoisotopic (exact) mass is 450 g/mol. The number of rotatable bonds is 7. The molecule has 10 nitrogen and oxygen atoms in total. The number of esters is 2. The lowest BCUT2D eigenvalue weighted by molar-refractivity contribution is -0.385. The highest BCUT2D eigenvalue weighted by Crippen LogP contribution is 2.39. The van der Waals surface area contributed by atoms with Crippen molar-refractivity contribution in [1.82, 2.24) is 0 Å². The van der Waals surface area contributed by atoms with Crippen LogP contribution in [0.15, 0.2) is 48.5 Å². The maximum absolute atomic E-state index is 12.2. The first-order valence-electron chi connectivity index (χ1n) is 8.47. The highest BCUT2D eigenvalue weighted by atomic mass is 32.2. The van der Waals surface area contributed by atoms with Gasteiger partial charge in [0.25, 0.3) is 11.4 Å². The van der Waals surface area contributed by atoms with Crippen LogP contribution in [0.3, 0.4) is 0 Å². The Morgan fingerprint density at radius 2 is 1.40 bits per heavy atom. The van der Waals surface area contributed by atoms with Gasteiger partial charge in [-0.3, -0.25) is 20.2 Å². The number of carbonyl (C=O) groups is 2. The van der Waals surface area contributed by atoms with Gasteiger partial charge in [-0.05, 0) is 24.3 Å². The van der Waals surface area contributed by atoms with Gasteiger partial charge in [0.05, 0.1) is 25.6 Å². The summed E-state index contributed by atoms with van der Waals surface area (Å²) in [6.07, 6.45) is 0. The van der Waals surface area contributed by atoms with Crippen molar-refractivity contribution in [1.29, 1.82) is 0 Å².